The molecule has 3 rings (SSSR count). The van der Waals surface area contributed by atoms with E-state index in [1.54, 1.807) is 13.2 Å². The first-order chi connectivity index (χ1) is 7.36. The molecule has 0 saturated heterocycles. The van der Waals surface area contributed by atoms with Gasteiger partial charge in [-0.15, -0.1) is 0 Å². The first-order valence-electron chi connectivity index (χ1n) is 4.31. The highest BCUT2D eigenvalue weighted by atomic mass is 16.6. The Morgan fingerprint density at radius 2 is 1.80 bits per heavy atom. The zero-order valence-corrected chi connectivity index (χ0v) is 7.84. The number of fused-ring (bicyclic) bond motifs is 2. The van der Waals surface area contributed by atoms with Gasteiger partial charge in [0, 0.05) is 6.07 Å². The van der Waals surface area contributed by atoms with E-state index in [0.717, 1.165) is 11.3 Å². The van der Waals surface area contributed by atoms with Crippen LogP contribution in [0.3, 0.4) is 0 Å². The molecule has 0 N–H and O–H groups in total. The van der Waals surface area contributed by atoms with Crippen molar-refractivity contribution in [2.24, 2.45) is 0 Å². The maximum Gasteiger partial charge on any atom is 0.243 e. The molecular weight excluding hydrogens is 196 g/mol. The Kier molecular flexibility index (Phi) is 1.55. The van der Waals surface area contributed by atoms with E-state index in [-0.39, 0.29) is 0 Å². The predicted octanol–water partition coefficient (Wildman–Crippen LogP) is 1.17. The van der Waals surface area contributed by atoms with E-state index in [1.807, 2.05) is 12.1 Å². The van der Waals surface area contributed by atoms with Crippen LogP contribution < -0.4 is 4.74 Å². The van der Waals surface area contributed by atoms with Crippen LogP contribution in [0.2, 0.25) is 0 Å². The Morgan fingerprint density at radius 1 is 1.07 bits per heavy atom. The van der Waals surface area contributed by atoms with E-state index in [4.69, 9.17) is 4.74 Å². The van der Waals surface area contributed by atoms with Gasteiger partial charge in [0.05, 0.1) is 18.1 Å². The molecule has 6 nitrogen and oxygen atoms in total. The molecule has 0 spiro atoms. The molecule has 15 heavy (non-hydrogen) atoms. The minimum atomic E-state index is 0.399. The third kappa shape index (κ3) is 1.18. The van der Waals surface area contributed by atoms with Crippen molar-refractivity contribution in [2.45, 2.75) is 0 Å². The Morgan fingerprint density at radius 3 is 2.53 bits per heavy atom. The molecule has 0 aliphatic heterocycles. The van der Waals surface area contributed by atoms with Gasteiger partial charge in [-0.05, 0) is 22.4 Å². The van der Waals surface area contributed by atoms with Crippen molar-refractivity contribution in [1.82, 2.24) is 20.3 Å². The second-order valence-electron chi connectivity index (χ2n) is 2.99. The summed E-state index contributed by atoms with van der Waals surface area (Å²) in [7, 11) is 1.60. The molecule has 6 heteroatoms. The molecule has 0 fully saturated rings. The lowest BCUT2D eigenvalue weighted by atomic mass is 10.3. The van der Waals surface area contributed by atoms with Crippen molar-refractivity contribution in [2.75, 3.05) is 7.11 Å². The molecule has 0 aliphatic carbocycles. The van der Waals surface area contributed by atoms with E-state index < -0.39 is 0 Å². The molecule has 0 atom stereocenters. The van der Waals surface area contributed by atoms with Gasteiger partial charge in [0.1, 0.15) is 5.75 Å². The van der Waals surface area contributed by atoms with Crippen molar-refractivity contribution < 1.29 is 9.37 Å². The van der Waals surface area contributed by atoms with Crippen molar-refractivity contribution in [3.63, 3.8) is 0 Å². The van der Waals surface area contributed by atoms with Crippen molar-refractivity contribution in [3.05, 3.63) is 18.2 Å². The SMILES string of the molecule is COc1ccc2nc3nonc3nc2c1. The van der Waals surface area contributed by atoms with Crippen molar-refractivity contribution >= 4 is 22.3 Å². The first-order valence-corrected chi connectivity index (χ1v) is 4.31. The van der Waals surface area contributed by atoms with Gasteiger partial charge in [0.2, 0.25) is 11.3 Å². The van der Waals surface area contributed by atoms with Crippen LogP contribution >= 0.6 is 0 Å². The molecule has 74 valence electrons. The van der Waals surface area contributed by atoms with Gasteiger partial charge >= 0.3 is 0 Å². The van der Waals surface area contributed by atoms with E-state index in [1.165, 1.54) is 0 Å². The monoisotopic (exact) mass is 202 g/mol. The lowest BCUT2D eigenvalue weighted by Crippen LogP contribution is -1.88. The fourth-order valence-corrected chi connectivity index (χ4v) is 1.36. The van der Waals surface area contributed by atoms with E-state index in [9.17, 15) is 0 Å². The minimum absolute atomic E-state index is 0.399. The molecular formula is C9H6N4O2. The Labute approximate surface area is 83.8 Å². The number of benzene rings is 1. The number of hydrogen-bond acceptors (Lipinski definition) is 6. The molecule has 0 unspecified atom stereocenters. The van der Waals surface area contributed by atoms with Gasteiger partial charge in [0.15, 0.2) is 0 Å². The zero-order chi connectivity index (χ0) is 10.3. The van der Waals surface area contributed by atoms with Crippen LogP contribution in [0, 0.1) is 0 Å². The van der Waals surface area contributed by atoms with Crippen LogP contribution in [-0.4, -0.2) is 27.4 Å². The number of nitrogens with zero attached hydrogens (tertiary/aromatic N) is 4. The molecule has 0 radical (unpaired) electrons. The molecule has 0 aliphatic rings. The molecule has 2 aromatic heterocycles. The summed E-state index contributed by atoms with van der Waals surface area (Å²) in [6.07, 6.45) is 0. The molecule has 0 amide bonds. The zero-order valence-electron chi connectivity index (χ0n) is 7.84. The smallest absolute Gasteiger partial charge is 0.243 e. The summed E-state index contributed by atoms with van der Waals surface area (Å²) < 4.78 is 9.63. The normalized spacial score (nSPS) is 11.0. The summed E-state index contributed by atoms with van der Waals surface area (Å²) in [5.74, 6) is 0.729. The summed E-state index contributed by atoms with van der Waals surface area (Å²) in [5, 5.41) is 7.24. The summed E-state index contributed by atoms with van der Waals surface area (Å²) in [6.45, 7) is 0. The van der Waals surface area contributed by atoms with E-state index in [0.29, 0.717) is 16.8 Å². The van der Waals surface area contributed by atoms with Crippen LogP contribution in [0.4, 0.5) is 0 Å². The van der Waals surface area contributed by atoms with Gasteiger partial charge in [-0.3, -0.25) is 0 Å². The first kappa shape index (κ1) is 8.10. The summed E-state index contributed by atoms with van der Waals surface area (Å²) in [5.41, 5.74) is 2.25. The number of methoxy groups -OCH3 is 1. The molecule has 1 aromatic carbocycles. The second-order valence-corrected chi connectivity index (χ2v) is 2.99. The average Bonchev–Trinajstić information content (AvgIpc) is 2.72. The Hall–Kier alpha value is -2.24. The van der Waals surface area contributed by atoms with Crippen LogP contribution in [0.15, 0.2) is 22.8 Å². The maximum atomic E-state index is 5.09. The fourth-order valence-electron chi connectivity index (χ4n) is 1.36. The number of aromatic nitrogens is 4. The highest BCUT2D eigenvalue weighted by Gasteiger charge is 2.06. The van der Waals surface area contributed by atoms with Crippen LogP contribution in [0.1, 0.15) is 0 Å². The standard InChI is InChI=1S/C9H6N4O2/c1-14-5-2-3-6-7(4-5)11-9-8(10-6)12-15-13-9/h2-4H,1H3. The minimum Gasteiger partial charge on any atom is -0.497 e. The van der Waals surface area contributed by atoms with Crippen molar-refractivity contribution in [3.8, 4) is 5.75 Å². The van der Waals surface area contributed by atoms with Gasteiger partial charge in [-0.1, -0.05) is 0 Å². The highest BCUT2D eigenvalue weighted by molar-refractivity contribution is 5.82. The Balaban J connectivity index is 2.38. The van der Waals surface area contributed by atoms with E-state index >= 15 is 0 Å². The Bertz CT molecular complexity index is 634. The predicted molar refractivity (Wildman–Crippen MR) is 51.5 cm³/mol. The molecule has 3 aromatic rings. The fraction of sp³-hybridized carbons (Fsp3) is 0.111. The van der Waals surface area contributed by atoms with Crippen LogP contribution in [0.25, 0.3) is 22.3 Å². The highest BCUT2D eigenvalue weighted by Crippen LogP contribution is 2.18. The third-order valence-electron chi connectivity index (χ3n) is 2.09. The largest absolute Gasteiger partial charge is 0.497 e. The van der Waals surface area contributed by atoms with E-state index in [2.05, 4.69) is 24.9 Å². The van der Waals surface area contributed by atoms with Crippen LogP contribution in [0.5, 0.6) is 5.75 Å². The molecule has 0 bridgehead atoms. The number of rotatable bonds is 1. The van der Waals surface area contributed by atoms with Gasteiger partial charge < -0.3 is 4.74 Å². The van der Waals surface area contributed by atoms with Gasteiger partial charge in [-0.25, -0.2) is 14.6 Å². The summed E-state index contributed by atoms with van der Waals surface area (Å²) in [4.78, 5) is 8.46. The van der Waals surface area contributed by atoms with Gasteiger partial charge in [0.25, 0.3) is 0 Å². The maximum absolute atomic E-state index is 5.09. The lowest BCUT2D eigenvalue weighted by Gasteiger charge is -1.99. The summed E-state index contributed by atoms with van der Waals surface area (Å²) >= 11 is 0. The topological polar surface area (TPSA) is 73.9 Å². The molecule has 2 heterocycles. The lowest BCUT2D eigenvalue weighted by molar-refractivity contribution is 0.314. The number of hydrogen-bond donors (Lipinski definition) is 0. The second kappa shape index (κ2) is 2.88. The average molecular weight is 202 g/mol. The third-order valence-corrected chi connectivity index (χ3v) is 2.09. The van der Waals surface area contributed by atoms with Crippen molar-refractivity contribution in [1.29, 1.82) is 0 Å². The number of ether oxygens (including phenoxy) is 1. The quantitative estimate of drug-likeness (QED) is 0.589. The van der Waals surface area contributed by atoms with Crippen LogP contribution in [-0.2, 0) is 0 Å². The summed E-state index contributed by atoms with van der Waals surface area (Å²) in [6, 6.07) is 5.42. The van der Waals surface area contributed by atoms with Gasteiger partial charge in [-0.2, -0.15) is 0 Å². The molecule has 0 saturated carbocycles.